The third-order valence-electron chi connectivity index (χ3n) is 4.26. The summed E-state index contributed by atoms with van der Waals surface area (Å²) in [5.41, 5.74) is 7.01. The molecule has 1 aromatic carbocycles. The van der Waals surface area contributed by atoms with E-state index in [0.717, 1.165) is 12.5 Å². The van der Waals surface area contributed by atoms with E-state index in [1.165, 1.54) is 37.7 Å². The van der Waals surface area contributed by atoms with Crippen LogP contribution >= 0.6 is 0 Å². The number of rotatable bonds is 5. The van der Waals surface area contributed by atoms with Gasteiger partial charge >= 0.3 is 0 Å². The molecule has 0 aliphatic heterocycles. The second-order valence-corrected chi connectivity index (χ2v) is 5.57. The molecule has 3 N–H and O–H groups in total. The molecule has 104 valence electrons. The first kappa shape index (κ1) is 14.1. The molecule has 1 aliphatic carbocycles. The quantitative estimate of drug-likeness (QED) is 0.855. The monoisotopic (exact) mass is 260 g/mol. The Morgan fingerprint density at radius 1 is 1.21 bits per heavy atom. The summed E-state index contributed by atoms with van der Waals surface area (Å²) in [6.07, 6.45) is 6.61. The second-order valence-electron chi connectivity index (χ2n) is 5.57. The maximum atomic E-state index is 11.0. The molecule has 3 nitrogen and oxygen atoms in total. The van der Waals surface area contributed by atoms with Gasteiger partial charge in [0.1, 0.15) is 0 Å². The number of amides is 1. The van der Waals surface area contributed by atoms with Crippen molar-refractivity contribution in [2.24, 2.45) is 11.7 Å². The number of hydrogen-bond donors (Lipinski definition) is 2. The van der Waals surface area contributed by atoms with Crippen LogP contribution in [0, 0.1) is 5.92 Å². The van der Waals surface area contributed by atoms with Crippen molar-refractivity contribution in [2.45, 2.75) is 51.6 Å². The average molecular weight is 260 g/mol. The van der Waals surface area contributed by atoms with Gasteiger partial charge in [-0.25, -0.2) is 0 Å². The number of nitrogens with one attached hydrogen (secondary N) is 1. The fourth-order valence-corrected chi connectivity index (χ4v) is 2.82. The highest BCUT2D eigenvalue weighted by atomic mass is 16.1. The van der Waals surface area contributed by atoms with Crippen molar-refractivity contribution in [3.8, 4) is 0 Å². The van der Waals surface area contributed by atoms with Crippen molar-refractivity contribution in [1.29, 1.82) is 0 Å². The summed E-state index contributed by atoms with van der Waals surface area (Å²) < 4.78 is 0. The van der Waals surface area contributed by atoms with E-state index < -0.39 is 0 Å². The van der Waals surface area contributed by atoms with Gasteiger partial charge in [-0.3, -0.25) is 4.79 Å². The van der Waals surface area contributed by atoms with E-state index in [4.69, 9.17) is 5.73 Å². The van der Waals surface area contributed by atoms with Crippen LogP contribution in [0.25, 0.3) is 0 Å². The van der Waals surface area contributed by atoms with Crippen molar-refractivity contribution in [3.05, 3.63) is 35.4 Å². The highest BCUT2D eigenvalue weighted by molar-refractivity contribution is 5.92. The SMILES string of the molecule is CCC1CCC(NCc2ccc(C(N)=O)cc2)CC1. The zero-order chi connectivity index (χ0) is 13.7. The van der Waals surface area contributed by atoms with Crippen LogP contribution in [-0.4, -0.2) is 11.9 Å². The van der Waals surface area contributed by atoms with Gasteiger partial charge in [-0.15, -0.1) is 0 Å². The number of nitrogens with two attached hydrogens (primary N) is 1. The summed E-state index contributed by atoms with van der Waals surface area (Å²) in [5.74, 6) is 0.574. The smallest absolute Gasteiger partial charge is 0.248 e. The van der Waals surface area contributed by atoms with E-state index >= 15 is 0 Å². The molecule has 0 radical (unpaired) electrons. The number of carbonyl (C=O) groups is 1. The maximum absolute atomic E-state index is 11.0. The largest absolute Gasteiger partial charge is 0.366 e. The molecule has 3 heteroatoms. The van der Waals surface area contributed by atoms with Gasteiger partial charge in [0.05, 0.1) is 0 Å². The lowest BCUT2D eigenvalue weighted by Gasteiger charge is -2.28. The van der Waals surface area contributed by atoms with Crippen LogP contribution in [0.1, 0.15) is 54.9 Å². The number of benzene rings is 1. The molecule has 0 aromatic heterocycles. The Morgan fingerprint density at radius 2 is 1.84 bits per heavy atom. The predicted molar refractivity (Wildman–Crippen MR) is 77.8 cm³/mol. The number of primary amides is 1. The lowest BCUT2D eigenvalue weighted by molar-refractivity contribution is 0.100. The summed E-state index contributed by atoms with van der Waals surface area (Å²) in [4.78, 5) is 11.0. The van der Waals surface area contributed by atoms with E-state index in [-0.39, 0.29) is 5.91 Å². The fourth-order valence-electron chi connectivity index (χ4n) is 2.82. The molecular weight excluding hydrogens is 236 g/mol. The van der Waals surface area contributed by atoms with Gasteiger partial charge in [-0.2, -0.15) is 0 Å². The summed E-state index contributed by atoms with van der Waals surface area (Å²) in [6.45, 7) is 3.17. The van der Waals surface area contributed by atoms with Gasteiger partial charge in [0.15, 0.2) is 0 Å². The van der Waals surface area contributed by atoms with Crippen LogP contribution in [0.3, 0.4) is 0 Å². The maximum Gasteiger partial charge on any atom is 0.248 e. The summed E-state index contributed by atoms with van der Waals surface area (Å²) in [5, 5.41) is 3.62. The molecule has 1 aliphatic rings. The number of hydrogen-bond acceptors (Lipinski definition) is 2. The van der Waals surface area contributed by atoms with E-state index in [1.807, 2.05) is 12.1 Å². The zero-order valence-corrected chi connectivity index (χ0v) is 11.7. The average Bonchev–Trinajstić information content (AvgIpc) is 2.46. The normalized spacial score (nSPS) is 23.2. The molecule has 1 saturated carbocycles. The molecular formula is C16H24N2O. The van der Waals surface area contributed by atoms with Crippen LogP contribution in [0.5, 0.6) is 0 Å². The van der Waals surface area contributed by atoms with E-state index in [1.54, 1.807) is 12.1 Å². The molecule has 2 rings (SSSR count). The Labute approximate surface area is 115 Å². The van der Waals surface area contributed by atoms with E-state index in [2.05, 4.69) is 12.2 Å². The third kappa shape index (κ3) is 4.06. The lowest BCUT2D eigenvalue weighted by Crippen LogP contribution is -2.32. The predicted octanol–water partition coefficient (Wildman–Crippen LogP) is 2.84. The Hall–Kier alpha value is -1.35. The lowest BCUT2D eigenvalue weighted by atomic mass is 9.84. The highest BCUT2D eigenvalue weighted by Gasteiger charge is 2.19. The Morgan fingerprint density at radius 3 is 2.37 bits per heavy atom. The molecule has 0 saturated heterocycles. The van der Waals surface area contributed by atoms with Crippen molar-refractivity contribution < 1.29 is 4.79 Å². The summed E-state index contributed by atoms with van der Waals surface area (Å²) >= 11 is 0. The van der Waals surface area contributed by atoms with Gasteiger partial charge in [0.2, 0.25) is 5.91 Å². The minimum atomic E-state index is -0.364. The second kappa shape index (κ2) is 6.71. The third-order valence-corrected chi connectivity index (χ3v) is 4.26. The first-order chi connectivity index (χ1) is 9.19. The van der Waals surface area contributed by atoms with Crippen molar-refractivity contribution >= 4 is 5.91 Å². The Bertz CT molecular complexity index is 405. The minimum Gasteiger partial charge on any atom is -0.366 e. The number of carbonyl (C=O) groups excluding carboxylic acids is 1. The van der Waals surface area contributed by atoms with Gasteiger partial charge in [-0.1, -0.05) is 25.5 Å². The van der Waals surface area contributed by atoms with E-state index in [9.17, 15) is 4.79 Å². The van der Waals surface area contributed by atoms with Crippen molar-refractivity contribution in [3.63, 3.8) is 0 Å². The summed E-state index contributed by atoms with van der Waals surface area (Å²) in [7, 11) is 0. The van der Waals surface area contributed by atoms with E-state index in [0.29, 0.717) is 11.6 Å². The van der Waals surface area contributed by atoms with Crippen molar-refractivity contribution in [1.82, 2.24) is 5.32 Å². The fraction of sp³-hybridized carbons (Fsp3) is 0.562. The topological polar surface area (TPSA) is 55.1 Å². The first-order valence-corrected chi connectivity index (χ1v) is 7.31. The van der Waals surface area contributed by atoms with Gasteiger partial charge < -0.3 is 11.1 Å². The molecule has 19 heavy (non-hydrogen) atoms. The zero-order valence-electron chi connectivity index (χ0n) is 11.7. The molecule has 0 spiro atoms. The van der Waals surface area contributed by atoms with Crippen LogP contribution in [0.15, 0.2) is 24.3 Å². The molecule has 1 amide bonds. The molecule has 1 fully saturated rings. The van der Waals surface area contributed by atoms with Crippen LogP contribution < -0.4 is 11.1 Å². The molecule has 0 unspecified atom stereocenters. The van der Waals surface area contributed by atoms with Crippen LogP contribution in [0.2, 0.25) is 0 Å². The van der Waals surface area contributed by atoms with Crippen LogP contribution in [-0.2, 0) is 6.54 Å². The highest BCUT2D eigenvalue weighted by Crippen LogP contribution is 2.26. The van der Waals surface area contributed by atoms with Crippen molar-refractivity contribution in [2.75, 3.05) is 0 Å². The molecule has 0 atom stereocenters. The molecule has 1 aromatic rings. The Balaban J connectivity index is 1.78. The van der Waals surface area contributed by atoms with Gasteiger partial charge in [0.25, 0.3) is 0 Å². The Kier molecular flexibility index (Phi) is 4.97. The first-order valence-electron chi connectivity index (χ1n) is 7.31. The van der Waals surface area contributed by atoms with Gasteiger partial charge in [0, 0.05) is 18.2 Å². The molecule has 0 heterocycles. The standard InChI is InChI=1S/C16H24N2O/c1-2-12-5-9-15(10-6-12)18-11-13-3-7-14(8-4-13)16(17)19/h3-4,7-8,12,15,18H,2,5-6,9-11H2,1H3,(H2,17,19). The van der Waals surface area contributed by atoms with Gasteiger partial charge in [-0.05, 0) is 49.3 Å². The summed E-state index contributed by atoms with van der Waals surface area (Å²) in [6, 6.07) is 8.20. The van der Waals surface area contributed by atoms with Crippen LogP contribution in [0.4, 0.5) is 0 Å². The minimum absolute atomic E-state index is 0.364. The molecule has 0 bridgehead atoms.